The van der Waals surface area contributed by atoms with Crippen molar-refractivity contribution in [3.05, 3.63) is 29.8 Å². The van der Waals surface area contributed by atoms with Crippen LogP contribution in [0.5, 0.6) is 5.75 Å². The van der Waals surface area contributed by atoms with E-state index in [1.54, 1.807) is 7.11 Å². The molecule has 0 radical (unpaired) electrons. The monoisotopic (exact) mass is 233 g/mol. The minimum Gasteiger partial charge on any atom is -0.497 e. The minimum absolute atomic E-state index is 0.144. The van der Waals surface area contributed by atoms with Gasteiger partial charge in [0.15, 0.2) is 0 Å². The molecule has 0 heterocycles. The molecule has 0 bridgehead atoms. The van der Waals surface area contributed by atoms with Crippen LogP contribution in [0.4, 0.5) is 0 Å². The molecule has 0 amide bonds. The Hall–Kier alpha value is -1.50. The lowest BCUT2D eigenvalue weighted by Crippen LogP contribution is -2.26. The van der Waals surface area contributed by atoms with Crippen molar-refractivity contribution in [2.24, 2.45) is 0 Å². The van der Waals surface area contributed by atoms with Crippen molar-refractivity contribution in [3.8, 4) is 18.1 Å². The van der Waals surface area contributed by atoms with Crippen LogP contribution in [0.1, 0.15) is 12.5 Å². The van der Waals surface area contributed by atoms with Crippen LogP contribution < -0.4 is 10.1 Å². The third-order valence-electron chi connectivity index (χ3n) is 2.35. The van der Waals surface area contributed by atoms with Gasteiger partial charge in [0.2, 0.25) is 0 Å². The predicted octanol–water partition coefficient (Wildman–Crippen LogP) is 1.82. The molecule has 0 aliphatic heterocycles. The van der Waals surface area contributed by atoms with E-state index in [1.807, 2.05) is 31.2 Å². The van der Waals surface area contributed by atoms with Crippen LogP contribution in [0.25, 0.3) is 0 Å². The van der Waals surface area contributed by atoms with Crippen LogP contribution in [-0.4, -0.2) is 26.3 Å². The fraction of sp³-hybridized carbons (Fsp3) is 0.429. The molecule has 92 valence electrons. The van der Waals surface area contributed by atoms with E-state index in [1.165, 1.54) is 0 Å². The molecule has 0 aromatic heterocycles. The van der Waals surface area contributed by atoms with Crippen molar-refractivity contribution in [2.75, 3.05) is 20.2 Å². The Labute approximate surface area is 103 Å². The Kier molecular flexibility index (Phi) is 6.16. The zero-order chi connectivity index (χ0) is 12.5. The van der Waals surface area contributed by atoms with Crippen LogP contribution >= 0.6 is 0 Å². The predicted molar refractivity (Wildman–Crippen MR) is 68.9 cm³/mol. The quantitative estimate of drug-likeness (QED) is 0.575. The Morgan fingerprint density at radius 3 is 2.65 bits per heavy atom. The van der Waals surface area contributed by atoms with E-state index < -0.39 is 0 Å². The molecule has 0 spiro atoms. The lowest BCUT2D eigenvalue weighted by Gasteiger charge is -2.13. The molecule has 0 aliphatic carbocycles. The number of hydrogen-bond donors (Lipinski definition) is 1. The lowest BCUT2D eigenvalue weighted by atomic mass is 10.2. The van der Waals surface area contributed by atoms with Crippen molar-refractivity contribution in [2.45, 2.75) is 19.6 Å². The zero-order valence-corrected chi connectivity index (χ0v) is 10.4. The van der Waals surface area contributed by atoms with Crippen molar-refractivity contribution < 1.29 is 9.47 Å². The first-order valence-corrected chi connectivity index (χ1v) is 5.65. The highest BCUT2D eigenvalue weighted by molar-refractivity contribution is 5.26. The molecule has 0 saturated heterocycles. The van der Waals surface area contributed by atoms with Crippen molar-refractivity contribution in [3.63, 3.8) is 0 Å². The van der Waals surface area contributed by atoms with E-state index in [0.29, 0.717) is 13.2 Å². The molecule has 1 aromatic carbocycles. The zero-order valence-electron chi connectivity index (χ0n) is 10.4. The van der Waals surface area contributed by atoms with Crippen LogP contribution in [0, 0.1) is 12.3 Å². The summed E-state index contributed by atoms with van der Waals surface area (Å²) in [7, 11) is 1.66. The summed E-state index contributed by atoms with van der Waals surface area (Å²) in [4.78, 5) is 0. The van der Waals surface area contributed by atoms with Gasteiger partial charge in [-0.15, -0.1) is 6.42 Å². The maximum Gasteiger partial charge on any atom is 0.118 e. The average Bonchev–Trinajstić information content (AvgIpc) is 2.37. The number of hydrogen-bond acceptors (Lipinski definition) is 3. The highest BCUT2D eigenvalue weighted by Crippen LogP contribution is 2.12. The first-order chi connectivity index (χ1) is 8.26. The molecule has 1 atom stereocenters. The number of rotatable bonds is 7. The molecule has 1 rings (SSSR count). The van der Waals surface area contributed by atoms with E-state index in [-0.39, 0.29) is 6.10 Å². The third kappa shape index (κ3) is 5.39. The van der Waals surface area contributed by atoms with E-state index in [4.69, 9.17) is 15.9 Å². The summed E-state index contributed by atoms with van der Waals surface area (Å²) in [5, 5.41) is 3.11. The van der Waals surface area contributed by atoms with Gasteiger partial charge < -0.3 is 14.8 Å². The summed E-state index contributed by atoms with van der Waals surface area (Å²) in [5.41, 5.74) is 1.13. The van der Waals surface area contributed by atoms with E-state index >= 15 is 0 Å². The van der Waals surface area contributed by atoms with E-state index in [0.717, 1.165) is 17.9 Å². The van der Waals surface area contributed by atoms with Crippen molar-refractivity contribution in [1.82, 2.24) is 5.32 Å². The van der Waals surface area contributed by atoms with Crippen LogP contribution in [0.15, 0.2) is 24.3 Å². The molecule has 0 aliphatic rings. The van der Waals surface area contributed by atoms with Gasteiger partial charge in [0.25, 0.3) is 0 Å². The van der Waals surface area contributed by atoms with Gasteiger partial charge in [-0.25, -0.2) is 0 Å². The molecule has 0 saturated carbocycles. The molecule has 17 heavy (non-hydrogen) atoms. The van der Waals surface area contributed by atoms with Gasteiger partial charge >= 0.3 is 0 Å². The normalized spacial score (nSPS) is 11.8. The first kappa shape index (κ1) is 13.6. The third-order valence-corrected chi connectivity index (χ3v) is 2.35. The van der Waals surface area contributed by atoms with Crippen LogP contribution in [0.3, 0.4) is 0 Å². The second-order valence-electron chi connectivity index (χ2n) is 3.80. The summed E-state index contributed by atoms with van der Waals surface area (Å²) in [6.45, 7) is 3.96. The van der Waals surface area contributed by atoms with Crippen molar-refractivity contribution in [1.29, 1.82) is 0 Å². The number of nitrogens with one attached hydrogen (secondary N) is 1. The highest BCUT2D eigenvalue weighted by atomic mass is 16.5. The fourth-order valence-corrected chi connectivity index (χ4v) is 1.37. The minimum atomic E-state index is 0.144. The summed E-state index contributed by atoms with van der Waals surface area (Å²) < 4.78 is 10.8. The Balaban J connectivity index is 2.27. The Morgan fingerprint density at radius 2 is 2.06 bits per heavy atom. The fourth-order valence-electron chi connectivity index (χ4n) is 1.37. The topological polar surface area (TPSA) is 30.5 Å². The van der Waals surface area contributed by atoms with Crippen LogP contribution in [-0.2, 0) is 11.3 Å². The molecule has 3 heteroatoms. The second kappa shape index (κ2) is 7.72. The molecular formula is C14H19NO2. The largest absolute Gasteiger partial charge is 0.497 e. The first-order valence-electron chi connectivity index (χ1n) is 5.65. The average molecular weight is 233 g/mol. The molecule has 1 aromatic rings. The van der Waals surface area contributed by atoms with Gasteiger partial charge in [-0.3, -0.25) is 0 Å². The number of terminal acetylenes is 1. The summed E-state index contributed by atoms with van der Waals surface area (Å²) in [6, 6.07) is 7.86. The Bertz CT molecular complexity index is 353. The van der Waals surface area contributed by atoms with Gasteiger partial charge in [-0.1, -0.05) is 18.1 Å². The number of benzene rings is 1. The highest BCUT2D eigenvalue weighted by Gasteiger charge is 2.02. The van der Waals surface area contributed by atoms with Crippen molar-refractivity contribution >= 4 is 0 Å². The molecule has 0 fully saturated rings. The SMILES string of the molecule is C#CCNCC(C)OCc1ccc(OC)cc1. The van der Waals surface area contributed by atoms with Gasteiger partial charge in [0, 0.05) is 6.54 Å². The lowest BCUT2D eigenvalue weighted by molar-refractivity contribution is 0.0539. The second-order valence-corrected chi connectivity index (χ2v) is 3.80. The smallest absolute Gasteiger partial charge is 0.118 e. The number of ether oxygens (including phenoxy) is 2. The van der Waals surface area contributed by atoms with Gasteiger partial charge in [-0.05, 0) is 24.6 Å². The maximum atomic E-state index is 5.68. The molecular weight excluding hydrogens is 214 g/mol. The molecule has 1 unspecified atom stereocenters. The van der Waals surface area contributed by atoms with Gasteiger partial charge in [0.1, 0.15) is 5.75 Å². The standard InChI is InChI=1S/C14H19NO2/c1-4-9-15-10-12(2)17-11-13-5-7-14(16-3)8-6-13/h1,5-8,12,15H,9-11H2,2-3H3. The molecule has 1 N–H and O–H groups in total. The molecule has 3 nitrogen and oxygen atoms in total. The number of methoxy groups -OCH3 is 1. The van der Waals surface area contributed by atoms with E-state index in [2.05, 4.69) is 11.2 Å². The summed E-state index contributed by atoms with van der Waals surface area (Å²) in [5.74, 6) is 3.39. The van der Waals surface area contributed by atoms with E-state index in [9.17, 15) is 0 Å². The van der Waals surface area contributed by atoms with Gasteiger partial charge in [0.05, 0.1) is 26.4 Å². The summed E-state index contributed by atoms with van der Waals surface area (Å²) in [6.07, 6.45) is 5.29. The maximum absolute atomic E-state index is 5.68. The Morgan fingerprint density at radius 1 is 1.35 bits per heavy atom. The van der Waals surface area contributed by atoms with Gasteiger partial charge in [-0.2, -0.15) is 0 Å². The van der Waals surface area contributed by atoms with Crippen LogP contribution in [0.2, 0.25) is 0 Å². The summed E-state index contributed by atoms with van der Waals surface area (Å²) >= 11 is 0.